The van der Waals surface area contributed by atoms with E-state index in [9.17, 15) is 8.42 Å². The van der Waals surface area contributed by atoms with Crippen LogP contribution >= 0.6 is 11.6 Å². The Morgan fingerprint density at radius 1 is 1.25 bits per heavy atom. The summed E-state index contributed by atoms with van der Waals surface area (Å²) in [5.41, 5.74) is 0. The first-order valence-electron chi connectivity index (χ1n) is 6.78. The van der Waals surface area contributed by atoms with Crippen LogP contribution in [-0.4, -0.2) is 32.9 Å². The number of methoxy groups -OCH3 is 1. The van der Waals surface area contributed by atoms with E-state index in [0.29, 0.717) is 10.8 Å². The molecule has 6 heteroatoms. The number of nitrogens with zero attached hydrogens (tertiary/aromatic N) is 1. The van der Waals surface area contributed by atoms with Crippen LogP contribution in [0, 0.1) is 0 Å². The second-order valence-electron chi connectivity index (χ2n) is 5.11. The number of hydrogen-bond donors (Lipinski definition) is 0. The number of hydrogen-bond acceptors (Lipinski definition) is 3. The van der Waals surface area contributed by atoms with E-state index < -0.39 is 10.0 Å². The van der Waals surface area contributed by atoms with Crippen molar-refractivity contribution in [3.63, 3.8) is 0 Å². The van der Waals surface area contributed by atoms with Gasteiger partial charge in [-0.25, -0.2) is 8.42 Å². The lowest BCUT2D eigenvalue weighted by molar-refractivity contribution is 0.286. The van der Waals surface area contributed by atoms with Crippen LogP contribution in [-0.2, 0) is 10.0 Å². The largest absolute Gasteiger partial charge is 0.495 e. The third-order valence-corrected chi connectivity index (χ3v) is 6.09. The predicted octanol–water partition coefficient (Wildman–Crippen LogP) is 3.30. The summed E-state index contributed by atoms with van der Waals surface area (Å²) in [4.78, 5) is 0.219. The van der Waals surface area contributed by atoms with Gasteiger partial charge >= 0.3 is 0 Å². The minimum absolute atomic E-state index is 0.0922. The zero-order valence-electron chi connectivity index (χ0n) is 11.8. The van der Waals surface area contributed by atoms with Crippen LogP contribution < -0.4 is 4.74 Å². The summed E-state index contributed by atoms with van der Waals surface area (Å²) in [6.07, 6.45) is 5.24. The zero-order valence-corrected chi connectivity index (χ0v) is 13.4. The smallest absolute Gasteiger partial charge is 0.243 e. The van der Waals surface area contributed by atoms with Crippen molar-refractivity contribution in [2.24, 2.45) is 0 Å². The van der Waals surface area contributed by atoms with Gasteiger partial charge in [0.05, 0.1) is 17.0 Å². The molecule has 0 heterocycles. The first kappa shape index (κ1) is 15.6. The Hall–Kier alpha value is -0.780. The van der Waals surface area contributed by atoms with Crippen LogP contribution in [0.15, 0.2) is 23.1 Å². The Morgan fingerprint density at radius 3 is 2.45 bits per heavy atom. The van der Waals surface area contributed by atoms with Crippen molar-refractivity contribution in [3.8, 4) is 5.75 Å². The maximum Gasteiger partial charge on any atom is 0.243 e. The molecule has 0 N–H and O–H groups in total. The molecule has 1 saturated carbocycles. The Labute approximate surface area is 125 Å². The molecule has 0 radical (unpaired) electrons. The van der Waals surface area contributed by atoms with Crippen LogP contribution in [0.2, 0.25) is 5.02 Å². The minimum Gasteiger partial charge on any atom is -0.495 e. The fraction of sp³-hybridized carbons (Fsp3) is 0.571. The second kappa shape index (κ2) is 6.33. The molecule has 0 unspecified atom stereocenters. The molecule has 0 aliphatic heterocycles. The van der Waals surface area contributed by atoms with Gasteiger partial charge in [-0.2, -0.15) is 4.31 Å². The van der Waals surface area contributed by atoms with Crippen molar-refractivity contribution >= 4 is 21.6 Å². The maximum absolute atomic E-state index is 12.6. The van der Waals surface area contributed by atoms with Gasteiger partial charge in [-0.1, -0.05) is 30.9 Å². The number of ether oxygens (including phenoxy) is 1. The summed E-state index contributed by atoms with van der Waals surface area (Å²) in [5, 5.41) is 0.311. The molecule has 112 valence electrons. The van der Waals surface area contributed by atoms with Gasteiger partial charge in [0.2, 0.25) is 10.0 Å². The normalized spacial score (nSPS) is 17.4. The maximum atomic E-state index is 12.6. The highest BCUT2D eigenvalue weighted by Gasteiger charge is 2.29. The Morgan fingerprint density at radius 2 is 1.90 bits per heavy atom. The molecule has 2 rings (SSSR count). The topological polar surface area (TPSA) is 46.6 Å². The van der Waals surface area contributed by atoms with Gasteiger partial charge in [0, 0.05) is 13.1 Å². The predicted molar refractivity (Wildman–Crippen MR) is 79.8 cm³/mol. The summed E-state index contributed by atoms with van der Waals surface area (Å²) in [7, 11) is -0.333. The summed E-state index contributed by atoms with van der Waals surface area (Å²) < 4.78 is 31.8. The van der Waals surface area contributed by atoms with Gasteiger partial charge in [-0.05, 0) is 31.0 Å². The number of benzene rings is 1. The van der Waals surface area contributed by atoms with E-state index in [4.69, 9.17) is 16.3 Å². The summed E-state index contributed by atoms with van der Waals surface area (Å²) in [5.74, 6) is 0.478. The van der Waals surface area contributed by atoms with Crippen molar-refractivity contribution in [1.29, 1.82) is 0 Å². The lowest BCUT2D eigenvalue weighted by atomic mass is 9.96. The molecule has 20 heavy (non-hydrogen) atoms. The van der Waals surface area contributed by atoms with Crippen LogP contribution in [0.4, 0.5) is 0 Å². The highest BCUT2D eigenvalue weighted by molar-refractivity contribution is 7.89. The molecule has 0 aromatic heterocycles. The molecule has 1 aliphatic rings. The molecule has 1 aromatic rings. The fourth-order valence-electron chi connectivity index (χ4n) is 2.61. The molecule has 0 saturated heterocycles. The number of sulfonamides is 1. The van der Waals surface area contributed by atoms with Gasteiger partial charge in [0.15, 0.2) is 0 Å². The Kier molecular flexibility index (Phi) is 4.94. The zero-order chi connectivity index (χ0) is 14.8. The van der Waals surface area contributed by atoms with E-state index in [1.54, 1.807) is 19.2 Å². The third kappa shape index (κ3) is 3.10. The molecule has 0 bridgehead atoms. The summed E-state index contributed by atoms with van der Waals surface area (Å²) >= 11 is 6.02. The van der Waals surface area contributed by atoms with Gasteiger partial charge in [-0.15, -0.1) is 0 Å². The van der Waals surface area contributed by atoms with Crippen LogP contribution in [0.25, 0.3) is 0 Å². The number of halogens is 1. The van der Waals surface area contributed by atoms with Gasteiger partial charge < -0.3 is 4.74 Å². The van der Waals surface area contributed by atoms with Gasteiger partial charge in [0.25, 0.3) is 0 Å². The lowest BCUT2D eigenvalue weighted by Crippen LogP contribution is -2.38. The minimum atomic E-state index is -3.49. The molecule has 1 aliphatic carbocycles. The van der Waals surface area contributed by atoms with E-state index in [1.807, 2.05) is 0 Å². The highest BCUT2D eigenvalue weighted by atomic mass is 35.5. The van der Waals surface area contributed by atoms with Crippen molar-refractivity contribution in [3.05, 3.63) is 23.2 Å². The van der Waals surface area contributed by atoms with Crippen LogP contribution in [0.1, 0.15) is 32.1 Å². The quantitative estimate of drug-likeness (QED) is 0.856. The van der Waals surface area contributed by atoms with Crippen LogP contribution in [0.5, 0.6) is 5.75 Å². The van der Waals surface area contributed by atoms with Crippen molar-refractivity contribution in [2.75, 3.05) is 14.2 Å². The highest BCUT2D eigenvalue weighted by Crippen LogP contribution is 2.30. The molecular formula is C14H20ClNO3S. The number of rotatable bonds is 4. The Bertz CT molecular complexity index is 568. The first-order chi connectivity index (χ1) is 9.46. The lowest BCUT2D eigenvalue weighted by Gasteiger charge is -2.30. The standard InChI is InChI=1S/C14H20ClNO3S/c1-16(11-6-4-3-5-7-11)20(17,18)12-8-9-14(19-2)13(15)10-12/h8-11H,3-7H2,1-2H3. The molecule has 0 atom stereocenters. The van der Waals surface area contributed by atoms with Gasteiger partial charge in [-0.3, -0.25) is 0 Å². The first-order valence-corrected chi connectivity index (χ1v) is 8.60. The molecule has 0 amide bonds. The van der Waals surface area contributed by atoms with Crippen LogP contribution in [0.3, 0.4) is 0 Å². The SMILES string of the molecule is COc1ccc(S(=O)(=O)N(C)C2CCCCC2)cc1Cl. The second-order valence-corrected chi connectivity index (χ2v) is 7.51. The molecular weight excluding hydrogens is 298 g/mol. The molecule has 1 fully saturated rings. The molecule has 0 spiro atoms. The van der Waals surface area contributed by atoms with E-state index >= 15 is 0 Å². The van der Waals surface area contributed by atoms with Crippen molar-refractivity contribution < 1.29 is 13.2 Å². The average Bonchev–Trinajstić information content (AvgIpc) is 2.47. The van der Waals surface area contributed by atoms with E-state index in [-0.39, 0.29) is 10.9 Å². The monoisotopic (exact) mass is 317 g/mol. The molecule has 4 nitrogen and oxygen atoms in total. The fourth-order valence-corrected chi connectivity index (χ4v) is 4.38. The summed E-state index contributed by atoms with van der Waals surface area (Å²) in [6.45, 7) is 0. The Balaban J connectivity index is 2.27. The molecule has 1 aromatic carbocycles. The summed E-state index contributed by atoms with van der Waals surface area (Å²) in [6, 6.07) is 4.67. The third-order valence-electron chi connectivity index (χ3n) is 3.89. The van der Waals surface area contributed by atoms with Gasteiger partial charge in [0.1, 0.15) is 5.75 Å². The average molecular weight is 318 g/mol. The van der Waals surface area contributed by atoms with Crippen molar-refractivity contribution in [1.82, 2.24) is 4.31 Å². The van der Waals surface area contributed by atoms with E-state index in [2.05, 4.69) is 0 Å². The van der Waals surface area contributed by atoms with Crippen molar-refractivity contribution in [2.45, 2.75) is 43.0 Å². The van der Waals surface area contributed by atoms with E-state index in [0.717, 1.165) is 25.7 Å². The van der Waals surface area contributed by atoms with E-state index in [1.165, 1.54) is 23.9 Å².